The highest BCUT2D eigenvalue weighted by atomic mass is 16.6. The number of nitrogens with two attached hydrogens (primary N) is 1. The van der Waals surface area contributed by atoms with Crippen LogP contribution in [0.3, 0.4) is 0 Å². The molecule has 6 nitrogen and oxygen atoms in total. The third kappa shape index (κ3) is 2.22. The number of nitrogen functional groups attached to an aromatic ring is 1. The zero-order valence-electron chi connectivity index (χ0n) is 9.66. The predicted octanol–water partition coefficient (Wildman–Crippen LogP) is 2.67. The van der Waals surface area contributed by atoms with E-state index in [1.807, 2.05) is 0 Å². The van der Waals surface area contributed by atoms with Crippen LogP contribution in [0.5, 0.6) is 11.5 Å². The van der Waals surface area contributed by atoms with Gasteiger partial charge in [0.05, 0.1) is 16.8 Å². The molecule has 0 radical (unpaired) electrons. The fraction of sp³-hybridized carbons (Fsp3) is 0.0833. The average molecular weight is 245 g/mol. The topological polar surface area (TPSA) is 91.3 Å². The Kier molecular flexibility index (Phi) is 3.09. The van der Waals surface area contributed by atoms with E-state index >= 15 is 0 Å². The lowest BCUT2D eigenvalue weighted by Gasteiger charge is -2.09. The second kappa shape index (κ2) is 4.70. The van der Waals surface area contributed by atoms with E-state index in [1.54, 1.807) is 25.1 Å². The third-order valence-electron chi connectivity index (χ3n) is 2.41. The van der Waals surface area contributed by atoms with Crippen molar-refractivity contribution in [3.63, 3.8) is 0 Å². The number of nitrogens with zero attached hydrogens (tertiary/aromatic N) is 2. The van der Waals surface area contributed by atoms with Gasteiger partial charge in [0.25, 0.3) is 0 Å². The van der Waals surface area contributed by atoms with Gasteiger partial charge in [0.15, 0.2) is 5.75 Å². The fourth-order valence-corrected chi connectivity index (χ4v) is 1.55. The second-order valence-electron chi connectivity index (χ2n) is 3.69. The molecule has 0 unspecified atom stereocenters. The molecule has 0 aliphatic carbocycles. The number of hydrogen-bond donors (Lipinski definition) is 1. The monoisotopic (exact) mass is 245 g/mol. The molecule has 6 heteroatoms. The molecule has 18 heavy (non-hydrogen) atoms. The lowest BCUT2D eigenvalue weighted by molar-refractivity contribution is -0.386. The summed E-state index contributed by atoms with van der Waals surface area (Å²) in [5.74, 6) is 0.511. The van der Waals surface area contributed by atoms with Crippen LogP contribution in [0.15, 0.2) is 36.7 Å². The summed E-state index contributed by atoms with van der Waals surface area (Å²) in [6.07, 6.45) is 2.93. The van der Waals surface area contributed by atoms with Crippen LogP contribution in [0.2, 0.25) is 0 Å². The van der Waals surface area contributed by atoms with Gasteiger partial charge in [-0.2, -0.15) is 0 Å². The van der Waals surface area contributed by atoms with Gasteiger partial charge in [-0.15, -0.1) is 0 Å². The van der Waals surface area contributed by atoms with Crippen molar-refractivity contribution in [1.29, 1.82) is 0 Å². The Bertz CT molecular complexity index is 599. The van der Waals surface area contributed by atoms with Crippen LogP contribution in [-0.4, -0.2) is 9.91 Å². The first kappa shape index (κ1) is 11.8. The van der Waals surface area contributed by atoms with E-state index in [1.165, 1.54) is 18.5 Å². The van der Waals surface area contributed by atoms with E-state index in [0.717, 1.165) is 0 Å². The third-order valence-corrected chi connectivity index (χ3v) is 2.41. The molecule has 0 amide bonds. The maximum absolute atomic E-state index is 11.0. The van der Waals surface area contributed by atoms with Crippen molar-refractivity contribution in [2.45, 2.75) is 6.92 Å². The summed E-state index contributed by atoms with van der Waals surface area (Å²) in [4.78, 5) is 14.4. The molecule has 0 aliphatic rings. The van der Waals surface area contributed by atoms with Crippen molar-refractivity contribution >= 4 is 11.4 Å². The van der Waals surface area contributed by atoms with E-state index in [9.17, 15) is 10.1 Å². The Morgan fingerprint density at radius 2 is 2.11 bits per heavy atom. The number of pyridine rings is 1. The SMILES string of the molecule is Cc1cccc(Oc2ccncc2N)c1[N+](=O)[O-]. The van der Waals surface area contributed by atoms with Gasteiger partial charge in [0.2, 0.25) is 5.75 Å². The van der Waals surface area contributed by atoms with Crippen molar-refractivity contribution in [2.75, 3.05) is 5.73 Å². The maximum Gasteiger partial charge on any atom is 0.314 e. The summed E-state index contributed by atoms with van der Waals surface area (Å²) >= 11 is 0. The lowest BCUT2D eigenvalue weighted by atomic mass is 10.2. The number of hydrogen-bond acceptors (Lipinski definition) is 5. The molecular formula is C12H11N3O3. The Morgan fingerprint density at radius 1 is 1.33 bits per heavy atom. The summed E-state index contributed by atoms with van der Waals surface area (Å²) in [6.45, 7) is 1.65. The van der Waals surface area contributed by atoms with Gasteiger partial charge in [0.1, 0.15) is 0 Å². The van der Waals surface area contributed by atoms with Crippen molar-refractivity contribution < 1.29 is 9.66 Å². The van der Waals surface area contributed by atoms with Crippen molar-refractivity contribution in [2.24, 2.45) is 0 Å². The molecule has 0 atom stereocenters. The minimum Gasteiger partial charge on any atom is -0.448 e. The minimum atomic E-state index is -0.470. The summed E-state index contributed by atoms with van der Waals surface area (Å²) < 4.78 is 5.48. The van der Waals surface area contributed by atoms with Gasteiger partial charge in [0, 0.05) is 17.8 Å². The van der Waals surface area contributed by atoms with Crippen LogP contribution in [0.25, 0.3) is 0 Å². The van der Waals surface area contributed by atoms with Crippen LogP contribution in [0.4, 0.5) is 11.4 Å². The van der Waals surface area contributed by atoms with Gasteiger partial charge in [-0.05, 0) is 13.0 Å². The van der Waals surface area contributed by atoms with E-state index in [4.69, 9.17) is 10.5 Å². The van der Waals surface area contributed by atoms with Gasteiger partial charge in [-0.3, -0.25) is 15.1 Å². The van der Waals surface area contributed by atoms with Gasteiger partial charge >= 0.3 is 5.69 Å². The zero-order valence-corrected chi connectivity index (χ0v) is 9.66. The molecule has 92 valence electrons. The van der Waals surface area contributed by atoms with Crippen LogP contribution < -0.4 is 10.5 Å². The molecular weight excluding hydrogens is 234 g/mol. The largest absolute Gasteiger partial charge is 0.448 e. The number of ether oxygens (including phenoxy) is 1. The Labute approximate surface area is 103 Å². The predicted molar refractivity (Wildman–Crippen MR) is 66.6 cm³/mol. The molecule has 0 spiro atoms. The highest BCUT2D eigenvalue weighted by Gasteiger charge is 2.19. The number of anilines is 1. The van der Waals surface area contributed by atoms with Crippen molar-refractivity contribution in [1.82, 2.24) is 4.98 Å². The highest BCUT2D eigenvalue weighted by Crippen LogP contribution is 2.35. The summed E-state index contributed by atoms with van der Waals surface area (Å²) in [5, 5.41) is 11.0. The number of aryl methyl sites for hydroxylation is 1. The Hall–Kier alpha value is -2.63. The first-order chi connectivity index (χ1) is 8.59. The molecule has 0 bridgehead atoms. The minimum absolute atomic E-state index is 0.0614. The normalized spacial score (nSPS) is 10.1. The zero-order chi connectivity index (χ0) is 13.1. The average Bonchev–Trinajstić information content (AvgIpc) is 2.31. The van der Waals surface area contributed by atoms with Gasteiger partial charge in [-0.25, -0.2) is 0 Å². The van der Waals surface area contributed by atoms with Crippen LogP contribution in [0.1, 0.15) is 5.56 Å². The van der Waals surface area contributed by atoms with E-state index in [-0.39, 0.29) is 11.4 Å². The van der Waals surface area contributed by atoms with E-state index in [2.05, 4.69) is 4.98 Å². The number of aromatic nitrogens is 1. The quantitative estimate of drug-likeness (QED) is 0.663. The number of nitro benzene ring substituents is 1. The number of benzene rings is 1. The number of para-hydroxylation sites is 1. The van der Waals surface area contributed by atoms with Gasteiger partial charge < -0.3 is 10.5 Å². The summed E-state index contributed by atoms with van der Waals surface area (Å²) in [7, 11) is 0. The molecule has 2 rings (SSSR count). The Balaban J connectivity index is 2.44. The first-order valence-electron chi connectivity index (χ1n) is 5.21. The maximum atomic E-state index is 11.0. The Morgan fingerprint density at radius 3 is 2.78 bits per heavy atom. The van der Waals surface area contributed by atoms with E-state index in [0.29, 0.717) is 17.0 Å². The van der Waals surface area contributed by atoms with E-state index < -0.39 is 4.92 Å². The summed E-state index contributed by atoms with van der Waals surface area (Å²) in [6, 6.07) is 6.43. The molecule has 0 aliphatic heterocycles. The molecule has 2 N–H and O–H groups in total. The molecule has 1 heterocycles. The molecule has 1 aromatic heterocycles. The van der Waals surface area contributed by atoms with Crippen LogP contribution in [0, 0.1) is 17.0 Å². The second-order valence-corrected chi connectivity index (χ2v) is 3.69. The highest BCUT2D eigenvalue weighted by molar-refractivity contribution is 5.57. The smallest absolute Gasteiger partial charge is 0.314 e. The van der Waals surface area contributed by atoms with Gasteiger partial charge in [-0.1, -0.05) is 12.1 Å². The molecule has 1 aromatic carbocycles. The fourth-order valence-electron chi connectivity index (χ4n) is 1.55. The number of rotatable bonds is 3. The van der Waals surface area contributed by atoms with Crippen LogP contribution in [-0.2, 0) is 0 Å². The standard InChI is InChI=1S/C12H11N3O3/c1-8-3-2-4-11(12(8)15(16)17)18-10-5-6-14-7-9(10)13/h2-7H,13H2,1H3. The van der Waals surface area contributed by atoms with Crippen LogP contribution >= 0.6 is 0 Å². The first-order valence-corrected chi connectivity index (χ1v) is 5.21. The molecule has 0 saturated carbocycles. The number of nitro groups is 1. The van der Waals surface area contributed by atoms with Crippen molar-refractivity contribution in [3.05, 3.63) is 52.3 Å². The lowest BCUT2D eigenvalue weighted by Crippen LogP contribution is -1.98. The molecule has 0 fully saturated rings. The molecule has 0 saturated heterocycles. The molecule has 2 aromatic rings. The summed E-state index contributed by atoms with van der Waals surface area (Å²) in [5.41, 5.74) is 6.47. The van der Waals surface area contributed by atoms with Crippen molar-refractivity contribution in [3.8, 4) is 11.5 Å².